The Balaban J connectivity index is 2.69. The molecule has 0 spiro atoms. The highest BCUT2D eigenvalue weighted by Gasteiger charge is 2.21. The Morgan fingerprint density at radius 1 is 1.78 bits per heavy atom. The lowest BCUT2D eigenvalue weighted by Gasteiger charge is -2.20. The topological polar surface area (TPSA) is 60.8 Å². The van der Waals surface area contributed by atoms with E-state index in [-0.39, 0.29) is 6.54 Å². The molecule has 4 heteroatoms. The van der Waals surface area contributed by atoms with Gasteiger partial charge in [0.2, 0.25) is 5.78 Å². The molecule has 1 heterocycles. The van der Waals surface area contributed by atoms with Gasteiger partial charge in [-0.05, 0) is 6.08 Å². The van der Waals surface area contributed by atoms with Gasteiger partial charge >= 0.3 is 0 Å². The first-order chi connectivity index (χ1) is 4.22. The highest BCUT2D eigenvalue weighted by Crippen LogP contribution is 2.00. The van der Waals surface area contributed by atoms with Gasteiger partial charge in [0.25, 0.3) is 0 Å². The molecule has 1 aliphatic heterocycles. The van der Waals surface area contributed by atoms with Crippen LogP contribution in [0.4, 0.5) is 0 Å². The van der Waals surface area contributed by atoms with Crippen LogP contribution >= 0.6 is 0 Å². The number of nitrogens with zero attached hydrogens (tertiary/aromatic N) is 1. The largest absolute Gasteiger partial charge is 0.369 e. The Kier molecular flexibility index (Phi) is 1.61. The average Bonchev–Trinajstić information content (AvgIpc) is 1.83. The van der Waals surface area contributed by atoms with Crippen molar-refractivity contribution in [2.45, 2.75) is 6.23 Å². The number of rotatable bonds is 0. The van der Waals surface area contributed by atoms with Gasteiger partial charge < -0.3 is 10.3 Å². The molecule has 0 amide bonds. The molecule has 4 nitrogen and oxygen atoms in total. The summed E-state index contributed by atoms with van der Waals surface area (Å²) >= 11 is 0. The van der Waals surface area contributed by atoms with Crippen molar-refractivity contribution in [3.63, 3.8) is 0 Å². The van der Waals surface area contributed by atoms with Crippen LogP contribution in [0.5, 0.6) is 0 Å². The summed E-state index contributed by atoms with van der Waals surface area (Å²) < 4.78 is 0. The van der Waals surface area contributed by atoms with Crippen LogP contribution in [-0.4, -0.2) is 33.9 Å². The van der Waals surface area contributed by atoms with E-state index in [1.54, 1.807) is 0 Å². The second kappa shape index (κ2) is 2.26. The first-order valence-corrected chi connectivity index (χ1v) is 2.56. The van der Waals surface area contributed by atoms with E-state index < -0.39 is 12.0 Å². The molecule has 0 aromatic rings. The van der Waals surface area contributed by atoms with Crippen molar-refractivity contribution in [2.24, 2.45) is 0 Å². The Hall–Kier alpha value is -0.710. The van der Waals surface area contributed by atoms with E-state index in [1.165, 1.54) is 12.2 Å². The molecular weight excluding hydrogens is 122 g/mol. The van der Waals surface area contributed by atoms with Gasteiger partial charge in [0, 0.05) is 6.54 Å². The SMILES string of the molecule is O=C1C=CCN(O)C1O. The third kappa shape index (κ3) is 1.16. The van der Waals surface area contributed by atoms with Crippen molar-refractivity contribution in [3.8, 4) is 0 Å². The van der Waals surface area contributed by atoms with Crippen LogP contribution in [-0.2, 0) is 4.79 Å². The summed E-state index contributed by atoms with van der Waals surface area (Å²) in [5, 5.41) is 18.0. The summed E-state index contributed by atoms with van der Waals surface area (Å²) in [5.41, 5.74) is 0. The number of hydrogen-bond acceptors (Lipinski definition) is 4. The Labute approximate surface area is 52.0 Å². The van der Waals surface area contributed by atoms with Crippen LogP contribution in [0.2, 0.25) is 0 Å². The predicted molar refractivity (Wildman–Crippen MR) is 28.6 cm³/mol. The molecule has 9 heavy (non-hydrogen) atoms. The highest BCUT2D eigenvalue weighted by molar-refractivity contribution is 5.93. The first-order valence-electron chi connectivity index (χ1n) is 2.56. The lowest BCUT2D eigenvalue weighted by molar-refractivity contribution is -0.192. The molecule has 0 radical (unpaired) electrons. The van der Waals surface area contributed by atoms with Crippen LogP contribution in [0.1, 0.15) is 0 Å². The molecule has 0 saturated heterocycles. The minimum atomic E-state index is -1.37. The fourth-order valence-electron chi connectivity index (χ4n) is 0.610. The quantitative estimate of drug-likeness (QED) is 0.446. The molecule has 0 aromatic carbocycles. The molecule has 1 unspecified atom stereocenters. The number of carbonyl (C=O) groups is 1. The second-order valence-corrected chi connectivity index (χ2v) is 1.80. The zero-order chi connectivity index (χ0) is 6.85. The maximum absolute atomic E-state index is 10.5. The zero-order valence-corrected chi connectivity index (χ0v) is 4.69. The summed E-state index contributed by atoms with van der Waals surface area (Å²) in [4.78, 5) is 10.5. The molecule has 1 rings (SSSR count). The maximum atomic E-state index is 10.5. The third-order valence-electron chi connectivity index (χ3n) is 1.11. The van der Waals surface area contributed by atoms with E-state index in [9.17, 15) is 4.79 Å². The van der Waals surface area contributed by atoms with Crippen LogP contribution in [0.15, 0.2) is 12.2 Å². The summed E-state index contributed by atoms with van der Waals surface area (Å²) in [5.74, 6) is -0.483. The summed E-state index contributed by atoms with van der Waals surface area (Å²) in [7, 11) is 0. The van der Waals surface area contributed by atoms with Gasteiger partial charge in [0.15, 0.2) is 6.23 Å². The van der Waals surface area contributed by atoms with E-state index in [1.807, 2.05) is 0 Å². The van der Waals surface area contributed by atoms with Crippen molar-refractivity contribution < 1.29 is 15.1 Å². The Morgan fingerprint density at radius 2 is 2.44 bits per heavy atom. The summed E-state index contributed by atoms with van der Waals surface area (Å²) in [6.45, 7) is 0.201. The maximum Gasteiger partial charge on any atom is 0.201 e. The van der Waals surface area contributed by atoms with Crippen molar-refractivity contribution >= 4 is 5.78 Å². The number of aliphatic hydroxyl groups is 1. The molecular formula is C5H7NO3. The van der Waals surface area contributed by atoms with E-state index in [4.69, 9.17) is 10.3 Å². The van der Waals surface area contributed by atoms with Crippen LogP contribution in [0.3, 0.4) is 0 Å². The lowest BCUT2D eigenvalue weighted by atomic mass is 10.2. The minimum Gasteiger partial charge on any atom is -0.369 e. The molecule has 0 bridgehead atoms. The van der Waals surface area contributed by atoms with Gasteiger partial charge in [0.1, 0.15) is 0 Å². The number of ketones is 1. The average molecular weight is 129 g/mol. The minimum absolute atomic E-state index is 0.201. The fourth-order valence-corrected chi connectivity index (χ4v) is 0.610. The van der Waals surface area contributed by atoms with E-state index in [0.29, 0.717) is 5.06 Å². The van der Waals surface area contributed by atoms with Crippen molar-refractivity contribution in [2.75, 3.05) is 6.54 Å². The molecule has 0 saturated carbocycles. The molecule has 0 aliphatic carbocycles. The molecule has 1 atom stereocenters. The monoisotopic (exact) mass is 129 g/mol. The van der Waals surface area contributed by atoms with Crippen molar-refractivity contribution in [1.82, 2.24) is 5.06 Å². The molecule has 50 valence electrons. The summed E-state index contributed by atoms with van der Waals surface area (Å²) in [6.07, 6.45) is 1.36. The van der Waals surface area contributed by atoms with Crippen LogP contribution < -0.4 is 0 Å². The highest BCUT2D eigenvalue weighted by atomic mass is 16.5. The molecule has 2 N–H and O–H groups in total. The van der Waals surface area contributed by atoms with Gasteiger partial charge in [-0.15, -0.1) is 0 Å². The fraction of sp³-hybridized carbons (Fsp3) is 0.400. The molecule has 0 aromatic heterocycles. The second-order valence-electron chi connectivity index (χ2n) is 1.80. The molecule has 0 fully saturated rings. The van der Waals surface area contributed by atoms with E-state index in [2.05, 4.69) is 0 Å². The van der Waals surface area contributed by atoms with E-state index in [0.717, 1.165) is 0 Å². The van der Waals surface area contributed by atoms with Crippen molar-refractivity contribution in [3.05, 3.63) is 12.2 Å². The third-order valence-corrected chi connectivity index (χ3v) is 1.11. The van der Waals surface area contributed by atoms with Crippen LogP contribution in [0, 0.1) is 0 Å². The van der Waals surface area contributed by atoms with Gasteiger partial charge in [-0.2, -0.15) is 5.06 Å². The van der Waals surface area contributed by atoms with Gasteiger partial charge in [-0.25, -0.2) is 0 Å². The number of carbonyl (C=O) groups excluding carboxylic acids is 1. The van der Waals surface area contributed by atoms with Crippen molar-refractivity contribution in [1.29, 1.82) is 0 Å². The normalized spacial score (nSPS) is 29.1. The predicted octanol–water partition coefficient (Wildman–Crippen LogP) is -0.865. The first kappa shape index (κ1) is 6.41. The number of aliphatic hydroxyl groups excluding tert-OH is 1. The smallest absolute Gasteiger partial charge is 0.201 e. The molecule has 1 aliphatic rings. The zero-order valence-electron chi connectivity index (χ0n) is 4.69. The Bertz CT molecular complexity index is 154. The standard InChI is InChI=1S/C5H7NO3/c7-4-2-1-3-6(9)5(4)8/h1-2,5,8-9H,3H2. The number of hydroxylamine groups is 2. The van der Waals surface area contributed by atoms with Crippen LogP contribution in [0.25, 0.3) is 0 Å². The Morgan fingerprint density at radius 3 is 2.89 bits per heavy atom. The number of hydrogen-bond donors (Lipinski definition) is 2. The van der Waals surface area contributed by atoms with Gasteiger partial charge in [-0.1, -0.05) is 6.08 Å². The lowest BCUT2D eigenvalue weighted by Crippen LogP contribution is -2.40. The summed E-state index contributed by atoms with van der Waals surface area (Å²) in [6, 6.07) is 0. The van der Waals surface area contributed by atoms with Gasteiger partial charge in [-0.3, -0.25) is 4.79 Å². The van der Waals surface area contributed by atoms with E-state index >= 15 is 0 Å². The van der Waals surface area contributed by atoms with Gasteiger partial charge in [0.05, 0.1) is 0 Å².